The molecule has 0 saturated heterocycles. The van der Waals surface area contributed by atoms with Gasteiger partial charge in [-0.05, 0) is 37.8 Å². The van der Waals surface area contributed by atoms with E-state index in [9.17, 15) is 9.59 Å². The predicted octanol–water partition coefficient (Wildman–Crippen LogP) is 2.25. The summed E-state index contributed by atoms with van der Waals surface area (Å²) in [6, 6.07) is 6.10. The molecule has 0 fully saturated rings. The maximum atomic E-state index is 12.0. The van der Waals surface area contributed by atoms with E-state index in [0.717, 1.165) is 30.6 Å². The lowest BCUT2D eigenvalue weighted by Crippen LogP contribution is -2.36. The summed E-state index contributed by atoms with van der Waals surface area (Å²) in [6.07, 6.45) is 1.99. The van der Waals surface area contributed by atoms with Crippen molar-refractivity contribution < 1.29 is 9.59 Å². The van der Waals surface area contributed by atoms with Gasteiger partial charge in [0.2, 0.25) is 5.91 Å². The van der Waals surface area contributed by atoms with Crippen molar-refractivity contribution in [2.24, 2.45) is 0 Å². The molecule has 3 heteroatoms. The first kappa shape index (κ1) is 11.8. The van der Waals surface area contributed by atoms with Gasteiger partial charge >= 0.3 is 0 Å². The number of Topliss-reactive ketones (excluding diaryl/α,β-unsaturated/α-hetero) is 1. The minimum absolute atomic E-state index is 0.00771. The number of benzene rings is 1. The van der Waals surface area contributed by atoms with Gasteiger partial charge in [-0.1, -0.05) is 18.2 Å². The third kappa shape index (κ3) is 2.38. The van der Waals surface area contributed by atoms with Crippen molar-refractivity contribution in [3.8, 4) is 0 Å². The Labute approximate surface area is 101 Å². The van der Waals surface area contributed by atoms with Crippen LogP contribution in [0.4, 0.5) is 5.69 Å². The number of para-hydroxylation sites is 1. The Morgan fingerprint density at radius 1 is 1.35 bits per heavy atom. The van der Waals surface area contributed by atoms with E-state index in [0.29, 0.717) is 0 Å². The molecule has 1 aliphatic rings. The van der Waals surface area contributed by atoms with Crippen molar-refractivity contribution in [2.45, 2.75) is 33.1 Å². The van der Waals surface area contributed by atoms with Gasteiger partial charge < -0.3 is 4.90 Å². The van der Waals surface area contributed by atoms with Crippen LogP contribution in [0.15, 0.2) is 18.2 Å². The average molecular weight is 231 g/mol. The minimum Gasteiger partial charge on any atom is -0.311 e. The predicted molar refractivity (Wildman–Crippen MR) is 67.2 cm³/mol. The number of ketones is 1. The van der Waals surface area contributed by atoms with Gasteiger partial charge in [-0.25, -0.2) is 0 Å². The van der Waals surface area contributed by atoms with E-state index in [1.54, 1.807) is 4.90 Å². The van der Waals surface area contributed by atoms with E-state index in [1.807, 2.05) is 19.1 Å². The summed E-state index contributed by atoms with van der Waals surface area (Å²) < 4.78 is 0. The Kier molecular flexibility index (Phi) is 3.27. The number of hydrogen-bond acceptors (Lipinski definition) is 2. The molecule has 0 saturated carbocycles. The number of fused-ring (bicyclic) bond motifs is 1. The molecular weight excluding hydrogens is 214 g/mol. The highest BCUT2D eigenvalue weighted by Gasteiger charge is 2.24. The van der Waals surface area contributed by atoms with Crippen LogP contribution in [0.3, 0.4) is 0 Å². The van der Waals surface area contributed by atoms with Crippen LogP contribution in [0.5, 0.6) is 0 Å². The smallest absolute Gasteiger partial charge is 0.234 e. The molecule has 90 valence electrons. The molecule has 0 spiro atoms. The van der Waals surface area contributed by atoms with Crippen LogP contribution in [0, 0.1) is 6.92 Å². The maximum absolute atomic E-state index is 12.0. The molecule has 0 radical (unpaired) electrons. The third-order valence-corrected chi connectivity index (χ3v) is 3.12. The number of nitrogens with zero attached hydrogens (tertiary/aromatic N) is 1. The van der Waals surface area contributed by atoms with E-state index in [1.165, 1.54) is 12.5 Å². The Balaban J connectivity index is 2.34. The van der Waals surface area contributed by atoms with Gasteiger partial charge in [-0.2, -0.15) is 0 Å². The molecule has 1 aromatic carbocycles. The molecular formula is C14H17NO2. The van der Waals surface area contributed by atoms with Crippen LogP contribution in [0.2, 0.25) is 0 Å². The van der Waals surface area contributed by atoms with Gasteiger partial charge in [0.25, 0.3) is 0 Å². The van der Waals surface area contributed by atoms with Gasteiger partial charge in [0.05, 0.1) is 6.42 Å². The molecule has 0 aliphatic carbocycles. The number of aryl methyl sites for hydroxylation is 2. The van der Waals surface area contributed by atoms with Gasteiger partial charge in [0.1, 0.15) is 5.78 Å². The molecule has 1 aromatic rings. The number of amides is 1. The molecule has 1 heterocycles. The monoisotopic (exact) mass is 231 g/mol. The van der Waals surface area contributed by atoms with Gasteiger partial charge in [0, 0.05) is 12.2 Å². The van der Waals surface area contributed by atoms with Crippen molar-refractivity contribution >= 4 is 17.4 Å². The lowest BCUT2D eigenvalue weighted by atomic mass is 9.98. The molecule has 0 aromatic heterocycles. The fraction of sp³-hybridized carbons (Fsp3) is 0.429. The summed E-state index contributed by atoms with van der Waals surface area (Å²) in [4.78, 5) is 24.8. The van der Waals surface area contributed by atoms with Gasteiger partial charge in [0.15, 0.2) is 0 Å². The second-order valence-corrected chi connectivity index (χ2v) is 4.61. The van der Waals surface area contributed by atoms with Gasteiger partial charge in [-0.15, -0.1) is 0 Å². The summed E-state index contributed by atoms with van der Waals surface area (Å²) in [6.45, 7) is 4.20. The Morgan fingerprint density at radius 2 is 2.12 bits per heavy atom. The minimum atomic E-state index is -0.0762. The van der Waals surface area contributed by atoms with E-state index < -0.39 is 0 Å². The van der Waals surface area contributed by atoms with Gasteiger partial charge in [-0.3, -0.25) is 9.59 Å². The largest absolute Gasteiger partial charge is 0.311 e. The van der Waals surface area contributed by atoms with Crippen molar-refractivity contribution in [1.82, 2.24) is 0 Å². The first-order chi connectivity index (χ1) is 8.09. The summed E-state index contributed by atoms with van der Waals surface area (Å²) in [7, 11) is 0. The first-order valence-corrected chi connectivity index (χ1v) is 5.98. The highest BCUT2D eigenvalue weighted by atomic mass is 16.2. The van der Waals surface area contributed by atoms with Crippen molar-refractivity contribution in [3.63, 3.8) is 0 Å². The summed E-state index contributed by atoms with van der Waals surface area (Å²) in [5.74, 6) is -0.150. The third-order valence-electron chi connectivity index (χ3n) is 3.12. The summed E-state index contributed by atoms with van der Waals surface area (Å²) >= 11 is 0. The molecule has 0 atom stereocenters. The zero-order valence-corrected chi connectivity index (χ0v) is 10.3. The van der Waals surface area contributed by atoms with Crippen LogP contribution in [-0.2, 0) is 16.0 Å². The van der Waals surface area contributed by atoms with Crippen LogP contribution in [0.25, 0.3) is 0 Å². The molecule has 17 heavy (non-hydrogen) atoms. The van der Waals surface area contributed by atoms with Crippen molar-refractivity contribution in [2.75, 3.05) is 11.4 Å². The zero-order valence-electron chi connectivity index (χ0n) is 10.3. The molecule has 1 amide bonds. The van der Waals surface area contributed by atoms with E-state index >= 15 is 0 Å². The molecule has 1 aliphatic heterocycles. The summed E-state index contributed by atoms with van der Waals surface area (Å²) in [5.41, 5.74) is 3.34. The van der Waals surface area contributed by atoms with E-state index in [4.69, 9.17) is 0 Å². The fourth-order valence-electron chi connectivity index (χ4n) is 2.40. The maximum Gasteiger partial charge on any atom is 0.234 e. The quantitative estimate of drug-likeness (QED) is 0.732. The van der Waals surface area contributed by atoms with Crippen molar-refractivity contribution in [1.29, 1.82) is 0 Å². The van der Waals surface area contributed by atoms with Crippen LogP contribution < -0.4 is 4.90 Å². The zero-order chi connectivity index (χ0) is 12.4. The Morgan fingerprint density at radius 3 is 2.82 bits per heavy atom. The number of anilines is 1. The molecule has 0 bridgehead atoms. The van der Waals surface area contributed by atoms with E-state index in [2.05, 4.69) is 6.07 Å². The first-order valence-electron chi connectivity index (χ1n) is 5.98. The molecule has 0 unspecified atom stereocenters. The molecule has 2 rings (SSSR count). The lowest BCUT2D eigenvalue weighted by Gasteiger charge is -2.30. The molecule has 3 nitrogen and oxygen atoms in total. The average Bonchev–Trinajstić information content (AvgIpc) is 2.28. The van der Waals surface area contributed by atoms with Crippen LogP contribution >= 0.6 is 0 Å². The topological polar surface area (TPSA) is 37.4 Å². The van der Waals surface area contributed by atoms with Crippen molar-refractivity contribution in [3.05, 3.63) is 29.3 Å². The second kappa shape index (κ2) is 4.70. The normalized spacial score (nSPS) is 14.4. The Hall–Kier alpha value is -1.64. The molecule has 0 N–H and O–H groups in total. The fourth-order valence-corrected chi connectivity index (χ4v) is 2.40. The summed E-state index contributed by atoms with van der Waals surface area (Å²) in [5, 5.41) is 0. The Bertz CT molecular complexity index is 465. The standard InChI is InChI=1S/C14H17NO2/c1-10-5-3-6-12-7-4-8-15(14(10)12)13(17)9-11(2)16/h3,5-6H,4,7-9H2,1-2H3. The number of carbonyl (C=O) groups excluding carboxylic acids is 2. The lowest BCUT2D eigenvalue weighted by molar-refractivity contribution is -0.125. The second-order valence-electron chi connectivity index (χ2n) is 4.61. The van der Waals surface area contributed by atoms with Crippen LogP contribution in [-0.4, -0.2) is 18.2 Å². The van der Waals surface area contributed by atoms with Crippen LogP contribution in [0.1, 0.15) is 30.9 Å². The highest BCUT2D eigenvalue weighted by molar-refractivity contribution is 6.05. The highest BCUT2D eigenvalue weighted by Crippen LogP contribution is 2.30. The SMILES string of the molecule is CC(=O)CC(=O)N1CCCc2cccc(C)c21. The number of rotatable bonds is 2. The number of carbonyl (C=O) groups is 2. The number of hydrogen-bond donors (Lipinski definition) is 0. The van der Waals surface area contributed by atoms with E-state index in [-0.39, 0.29) is 18.1 Å².